The summed E-state index contributed by atoms with van der Waals surface area (Å²) in [6.07, 6.45) is 51.7. The molecule has 2 atom stereocenters. The van der Waals surface area contributed by atoms with E-state index in [0.29, 0.717) is 25.9 Å². The molecule has 0 bridgehead atoms. The van der Waals surface area contributed by atoms with Crippen LogP contribution in [0.15, 0.2) is 12.2 Å². The van der Waals surface area contributed by atoms with Crippen molar-refractivity contribution in [3.05, 3.63) is 12.2 Å². The van der Waals surface area contributed by atoms with Crippen molar-refractivity contribution in [1.82, 2.24) is 5.32 Å². The van der Waals surface area contributed by atoms with Crippen molar-refractivity contribution in [3.63, 3.8) is 0 Å². The minimum absolute atomic E-state index is 0.0227. The van der Waals surface area contributed by atoms with E-state index < -0.39 is 12.1 Å². The van der Waals surface area contributed by atoms with Gasteiger partial charge in [-0.2, -0.15) is 0 Å². The lowest BCUT2D eigenvalue weighted by molar-refractivity contribution is -0.143. The molecule has 56 heavy (non-hydrogen) atoms. The second kappa shape index (κ2) is 46.3. The molecule has 0 spiro atoms. The van der Waals surface area contributed by atoms with Crippen molar-refractivity contribution in [2.75, 3.05) is 13.2 Å². The third kappa shape index (κ3) is 42.2. The molecule has 0 saturated heterocycles. The number of hydrogen-bond acceptors (Lipinski definition) is 5. The van der Waals surface area contributed by atoms with Crippen LogP contribution in [-0.2, 0) is 14.3 Å². The molecule has 6 heteroatoms. The number of carbonyl (C=O) groups is 2. The Balaban J connectivity index is 3.48. The van der Waals surface area contributed by atoms with E-state index in [0.717, 1.165) is 57.8 Å². The van der Waals surface area contributed by atoms with Crippen LogP contribution in [0.2, 0.25) is 0 Å². The summed E-state index contributed by atoms with van der Waals surface area (Å²) in [6, 6.07) is -0.554. The Labute approximate surface area is 349 Å². The molecular formula is C50H97NO5. The van der Waals surface area contributed by atoms with Crippen molar-refractivity contribution in [3.8, 4) is 0 Å². The van der Waals surface area contributed by atoms with Crippen LogP contribution in [-0.4, -0.2) is 47.4 Å². The molecule has 6 nitrogen and oxygen atoms in total. The van der Waals surface area contributed by atoms with Gasteiger partial charge in [0.15, 0.2) is 0 Å². The van der Waals surface area contributed by atoms with Gasteiger partial charge >= 0.3 is 5.97 Å². The van der Waals surface area contributed by atoms with E-state index >= 15 is 0 Å². The quantitative estimate of drug-likeness (QED) is 0.0324. The van der Waals surface area contributed by atoms with Crippen molar-refractivity contribution in [2.24, 2.45) is 0 Å². The molecule has 0 radical (unpaired) electrons. The number of aliphatic hydroxyl groups is 2. The van der Waals surface area contributed by atoms with Gasteiger partial charge in [0.05, 0.1) is 25.4 Å². The van der Waals surface area contributed by atoms with Gasteiger partial charge in [0.25, 0.3) is 0 Å². The van der Waals surface area contributed by atoms with Gasteiger partial charge in [-0.3, -0.25) is 9.59 Å². The summed E-state index contributed by atoms with van der Waals surface area (Å²) >= 11 is 0. The monoisotopic (exact) mass is 792 g/mol. The molecule has 0 rings (SSSR count). The van der Waals surface area contributed by atoms with E-state index in [1.807, 2.05) is 0 Å². The first-order chi connectivity index (χ1) is 27.5. The zero-order valence-electron chi connectivity index (χ0n) is 37.6. The fourth-order valence-corrected chi connectivity index (χ4v) is 7.69. The van der Waals surface area contributed by atoms with Crippen LogP contribution >= 0.6 is 0 Å². The summed E-state index contributed by atoms with van der Waals surface area (Å²) < 4.78 is 5.44. The Hall–Kier alpha value is -1.40. The molecule has 332 valence electrons. The van der Waals surface area contributed by atoms with Gasteiger partial charge in [0.1, 0.15) is 0 Å². The van der Waals surface area contributed by atoms with Gasteiger partial charge in [-0.25, -0.2) is 0 Å². The second-order valence-corrected chi connectivity index (χ2v) is 17.1. The summed E-state index contributed by atoms with van der Waals surface area (Å²) in [5.74, 6) is -0.0760. The van der Waals surface area contributed by atoms with Crippen molar-refractivity contribution >= 4 is 11.9 Å². The number of allylic oxidation sites excluding steroid dienone is 2. The standard InChI is InChI=1S/C50H97NO5/c1-3-5-7-9-11-13-15-17-18-20-22-26-30-34-38-42-48(53)47(46-52)51-49(54)43-39-35-31-27-23-21-25-29-33-37-41-45-56-50(55)44-40-36-32-28-24-19-16-14-12-10-8-6-4-2/h14,16,47-48,52-53H,3-13,15,17-46H2,1-2H3,(H,51,54)/b16-14-. The maximum absolute atomic E-state index is 12.4. The highest BCUT2D eigenvalue weighted by atomic mass is 16.5. The molecular weight excluding hydrogens is 695 g/mol. The lowest BCUT2D eigenvalue weighted by Gasteiger charge is -2.22. The molecule has 0 heterocycles. The van der Waals surface area contributed by atoms with Crippen LogP contribution in [0, 0.1) is 0 Å². The lowest BCUT2D eigenvalue weighted by Crippen LogP contribution is -2.45. The number of aliphatic hydroxyl groups excluding tert-OH is 2. The van der Waals surface area contributed by atoms with Gasteiger partial charge in [-0.15, -0.1) is 0 Å². The number of amides is 1. The molecule has 0 saturated carbocycles. The van der Waals surface area contributed by atoms with Crippen LogP contribution < -0.4 is 5.32 Å². The maximum atomic E-state index is 12.4. The van der Waals surface area contributed by atoms with E-state index in [1.54, 1.807) is 0 Å². The van der Waals surface area contributed by atoms with Crippen LogP contribution in [0.25, 0.3) is 0 Å². The molecule has 2 unspecified atom stereocenters. The number of nitrogens with one attached hydrogen (secondary N) is 1. The first kappa shape index (κ1) is 54.6. The number of carbonyl (C=O) groups excluding carboxylic acids is 2. The molecule has 0 aliphatic rings. The van der Waals surface area contributed by atoms with E-state index in [2.05, 4.69) is 31.3 Å². The molecule has 1 amide bonds. The molecule has 0 aliphatic carbocycles. The smallest absolute Gasteiger partial charge is 0.305 e. The van der Waals surface area contributed by atoms with Crippen molar-refractivity contribution in [2.45, 2.75) is 283 Å². The number of esters is 1. The van der Waals surface area contributed by atoms with Crippen molar-refractivity contribution < 1.29 is 24.5 Å². The van der Waals surface area contributed by atoms with Crippen LogP contribution in [0.4, 0.5) is 0 Å². The highest BCUT2D eigenvalue weighted by Gasteiger charge is 2.20. The maximum Gasteiger partial charge on any atom is 0.305 e. The Morgan fingerprint density at radius 2 is 0.839 bits per heavy atom. The first-order valence-corrected chi connectivity index (χ1v) is 24.9. The summed E-state index contributed by atoms with van der Waals surface area (Å²) in [7, 11) is 0. The molecule has 0 aliphatic heterocycles. The normalized spacial score (nSPS) is 12.7. The molecule has 0 aromatic carbocycles. The summed E-state index contributed by atoms with van der Waals surface area (Å²) in [5.41, 5.74) is 0. The highest BCUT2D eigenvalue weighted by Crippen LogP contribution is 2.16. The third-order valence-electron chi connectivity index (χ3n) is 11.6. The van der Waals surface area contributed by atoms with Gasteiger partial charge in [-0.1, -0.05) is 219 Å². The number of unbranched alkanes of at least 4 members (excludes halogenated alkanes) is 33. The van der Waals surface area contributed by atoms with Crippen molar-refractivity contribution in [1.29, 1.82) is 0 Å². The summed E-state index contributed by atoms with van der Waals surface area (Å²) in [6.45, 7) is 4.89. The molecule has 0 aromatic heterocycles. The number of rotatable bonds is 46. The fraction of sp³-hybridized carbons (Fsp3) is 0.920. The number of hydrogen-bond donors (Lipinski definition) is 3. The van der Waals surface area contributed by atoms with Gasteiger partial charge < -0.3 is 20.3 Å². The highest BCUT2D eigenvalue weighted by molar-refractivity contribution is 5.76. The van der Waals surface area contributed by atoms with Gasteiger partial charge in [-0.05, 0) is 51.4 Å². The summed E-state index contributed by atoms with van der Waals surface area (Å²) in [5, 5.41) is 23.2. The average Bonchev–Trinajstić information content (AvgIpc) is 3.20. The van der Waals surface area contributed by atoms with Crippen LogP contribution in [0.5, 0.6) is 0 Å². The minimum atomic E-state index is -0.675. The first-order valence-electron chi connectivity index (χ1n) is 24.9. The SMILES string of the molecule is CCCCCC/C=C\CCCCCCCC(=O)OCCCCCCCCCCCCCC(=O)NC(CO)C(O)CCCCCCCCCCCCCCCCC. The van der Waals surface area contributed by atoms with Gasteiger partial charge in [0.2, 0.25) is 5.91 Å². The molecule has 0 fully saturated rings. The fourth-order valence-electron chi connectivity index (χ4n) is 7.69. The van der Waals surface area contributed by atoms with Gasteiger partial charge in [0, 0.05) is 12.8 Å². The average molecular weight is 792 g/mol. The summed E-state index contributed by atoms with van der Waals surface area (Å²) in [4.78, 5) is 24.4. The topological polar surface area (TPSA) is 95.9 Å². The second-order valence-electron chi connectivity index (χ2n) is 17.1. The molecule has 0 aromatic rings. The van der Waals surface area contributed by atoms with E-state index in [1.165, 1.54) is 180 Å². The minimum Gasteiger partial charge on any atom is -0.466 e. The Bertz CT molecular complexity index is 832. The zero-order valence-corrected chi connectivity index (χ0v) is 37.6. The lowest BCUT2D eigenvalue weighted by atomic mass is 10.0. The predicted molar refractivity (Wildman–Crippen MR) is 241 cm³/mol. The Morgan fingerprint density at radius 1 is 0.482 bits per heavy atom. The van der Waals surface area contributed by atoms with E-state index in [9.17, 15) is 19.8 Å². The third-order valence-corrected chi connectivity index (χ3v) is 11.6. The van der Waals surface area contributed by atoms with Crippen LogP contribution in [0.1, 0.15) is 271 Å². The van der Waals surface area contributed by atoms with E-state index in [-0.39, 0.29) is 18.5 Å². The number of ether oxygens (including phenoxy) is 1. The Kier molecular flexibility index (Phi) is 45.1. The predicted octanol–water partition coefficient (Wildman–Crippen LogP) is 14.6. The Morgan fingerprint density at radius 3 is 1.29 bits per heavy atom. The zero-order chi connectivity index (χ0) is 40.8. The van der Waals surface area contributed by atoms with Crippen LogP contribution in [0.3, 0.4) is 0 Å². The molecule has 3 N–H and O–H groups in total. The largest absolute Gasteiger partial charge is 0.466 e. The van der Waals surface area contributed by atoms with E-state index in [4.69, 9.17) is 4.74 Å².